The number of esters is 1. The van der Waals surface area contributed by atoms with E-state index in [-0.39, 0.29) is 11.7 Å². The topological polar surface area (TPSA) is 95.3 Å². The minimum atomic E-state index is -0.397. The first-order valence-corrected chi connectivity index (χ1v) is 13.5. The number of carbonyl (C=O) groups excluding carboxylic acids is 2. The van der Waals surface area contributed by atoms with Crippen molar-refractivity contribution in [3.8, 4) is 5.75 Å². The van der Waals surface area contributed by atoms with Crippen molar-refractivity contribution >= 4 is 40.0 Å². The number of nitrogens with zero attached hydrogens (tertiary/aromatic N) is 3. The van der Waals surface area contributed by atoms with E-state index in [1.165, 1.54) is 35.1 Å². The van der Waals surface area contributed by atoms with E-state index in [4.69, 9.17) is 9.47 Å². The van der Waals surface area contributed by atoms with Crippen LogP contribution in [0.15, 0.2) is 23.4 Å². The number of hydrogen-bond donors (Lipinski definition) is 1. The van der Waals surface area contributed by atoms with Gasteiger partial charge in [0.15, 0.2) is 11.0 Å². The number of rotatable bonds is 9. The SMILES string of the molecule is CCn1c(COc2cc(C)cc(C)c2)nnc1SCC(=O)Nc1sc2c(c1C(=O)OC)CCCC2. The number of aromatic nitrogens is 3. The standard InChI is InChI=1S/C25H30N4O4S2/c1-5-29-20(13-33-17-11-15(2)10-16(3)12-17)27-28-25(29)34-14-21(30)26-23-22(24(31)32-4)18-8-6-7-9-19(18)35-23/h10-12H,5-9,13-14H2,1-4H3,(H,26,30). The minimum Gasteiger partial charge on any atom is -0.486 e. The Balaban J connectivity index is 1.40. The van der Waals surface area contributed by atoms with Crippen LogP contribution < -0.4 is 10.1 Å². The average Bonchev–Trinajstić information content (AvgIpc) is 3.40. The highest BCUT2D eigenvalue weighted by Gasteiger charge is 2.27. The number of amides is 1. The van der Waals surface area contributed by atoms with Crippen LogP contribution in [-0.4, -0.2) is 39.5 Å². The number of hydrogen-bond acceptors (Lipinski definition) is 8. The van der Waals surface area contributed by atoms with Crippen molar-refractivity contribution in [2.75, 3.05) is 18.2 Å². The number of nitrogens with one attached hydrogen (secondary N) is 1. The Morgan fingerprint density at radius 1 is 1.14 bits per heavy atom. The highest BCUT2D eigenvalue weighted by Crippen LogP contribution is 2.38. The number of thiophene rings is 1. The van der Waals surface area contributed by atoms with Crippen LogP contribution in [0.5, 0.6) is 5.75 Å². The zero-order valence-corrected chi connectivity index (χ0v) is 22.1. The molecule has 8 nitrogen and oxygen atoms in total. The first-order valence-electron chi connectivity index (χ1n) is 11.7. The zero-order valence-electron chi connectivity index (χ0n) is 20.5. The Bertz CT molecular complexity index is 1210. The van der Waals surface area contributed by atoms with Gasteiger partial charge >= 0.3 is 5.97 Å². The third-order valence-electron chi connectivity index (χ3n) is 5.82. The predicted molar refractivity (Wildman–Crippen MR) is 138 cm³/mol. The van der Waals surface area contributed by atoms with Gasteiger partial charge in [0.25, 0.3) is 0 Å². The van der Waals surface area contributed by atoms with Gasteiger partial charge in [-0.3, -0.25) is 4.79 Å². The predicted octanol–water partition coefficient (Wildman–Crippen LogP) is 4.95. The summed E-state index contributed by atoms with van der Waals surface area (Å²) < 4.78 is 12.9. The molecule has 0 fully saturated rings. The zero-order chi connectivity index (χ0) is 24.9. The number of methoxy groups -OCH3 is 1. The third-order valence-corrected chi connectivity index (χ3v) is 7.99. The molecule has 1 aliphatic rings. The second-order valence-corrected chi connectivity index (χ2v) is 10.5. The molecule has 3 aromatic rings. The maximum Gasteiger partial charge on any atom is 0.341 e. The summed E-state index contributed by atoms with van der Waals surface area (Å²) in [6.07, 6.45) is 3.91. The minimum absolute atomic E-state index is 0.152. The van der Waals surface area contributed by atoms with Crippen LogP contribution in [0, 0.1) is 13.8 Å². The van der Waals surface area contributed by atoms with Gasteiger partial charge in [-0.1, -0.05) is 17.8 Å². The molecule has 0 aliphatic heterocycles. The van der Waals surface area contributed by atoms with Crippen molar-refractivity contribution in [2.24, 2.45) is 0 Å². The van der Waals surface area contributed by atoms with E-state index in [0.29, 0.717) is 34.7 Å². The van der Waals surface area contributed by atoms with Crippen molar-refractivity contribution < 1.29 is 19.1 Å². The molecule has 0 bridgehead atoms. The Hall–Kier alpha value is -2.85. The smallest absolute Gasteiger partial charge is 0.341 e. The highest BCUT2D eigenvalue weighted by atomic mass is 32.2. The lowest BCUT2D eigenvalue weighted by molar-refractivity contribution is -0.113. The van der Waals surface area contributed by atoms with Crippen LogP contribution in [0.2, 0.25) is 0 Å². The van der Waals surface area contributed by atoms with Gasteiger partial charge in [-0.15, -0.1) is 21.5 Å². The molecule has 0 radical (unpaired) electrons. The number of aryl methyl sites for hydroxylation is 3. The molecular weight excluding hydrogens is 484 g/mol. The lowest BCUT2D eigenvalue weighted by Gasteiger charge is -2.12. The lowest BCUT2D eigenvalue weighted by atomic mass is 9.95. The van der Waals surface area contributed by atoms with Crippen molar-refractivity contribution in [1.82, 2.24) is 14.8 Å². The van der Waals surface area contributed by atoms with E-state index in [2.05, 4.69) is 21.6 Å². The van der Waals surface area contributed by atoms with E-state index >= 15 is 0 Å². The average molecular weight is 515 g/mol. The molecule has 0 saturated heterocycles. The Morgan fingerprint density at radius 3 is 2.60 bits per heavy atom. The Kier molecular flexibility index (Phi) is 8.12. The summed E-state index contributed by atoms with van der Waals surface area (Å²) in [4.78, 5) is 26.4. The summed E-state index contributed by atoms with van der Waals surface area (Å²) in [7, 11) is 1.37. The first kappa shape index (κ1) is 25.2. The second-order valence-electron chi connectivity index (χ2n) is 8.50. The van der Waals surface area contributed by atoms with Gasteiger partial charge in [0, 0.05) is 11.4 Å². The molecule has 0 unspecified atom stereocenters. The largest absolute Gasteiger partial charge is 0.486 e. The molecule has 0 saturated carbocycles. The highest BCUT2D eigenvalue weighted by molar-refractivity contribution is 7.99. The molecule has 4 rings (SSSR count). The third kappa shape index (κ3) is 5.87. The van der Waals surface area contributed by atoms with Gasteiger partial charge in [-0.25, -0.2) is 4.79 Å². The first-order chi connectivity index (χ1) is 16.9. The van der Waals surface area contributed by atoms with E-state index < -0.39 is 5.97 Å². The molecular formula is C25H30N4O4S2. The monoisotopic (exact) mass is 514 g/mol. The number of anilines is 1. The van der Waals surface area contributed by atoms with Crippen LogP contribution in [0.4, 0.5) is 5.00 Å². The number of ether oxygens (including phenoxy) is 2. The van der Waals surface area contributed by atoms with Crippen molar-refractivity contribution in [1.29, 1.82) is 0 Å². The van der Waals surface area contributed by atoms with E-state index in [9.17, 15) is 9.59 Å². The van der Waals surface area contributed by atoms with Gasteiger partial charge in [0.05, 0.1) is 18.4 Å². The quantitative estimate of drug-likeness (QED) is 0.319. The summed E-state index contributed by atoms with van der Waals surface area (Å²) in [6.45, 7) is 7.03. The summed E-state index contributed by atoms with van der Waals surface area (Å²) in [5.74, 6) is 1.05. The normalized spacial score (nSPS) is 12.8. The van der Waals surface area contributed by atoms with Crippen LogP contribution in [0.25, 0.3) is 0 Å². The number of fused-ring (bicyclic) bond motifs is 1. The van der Waals surface area contributed by atoms with E-state index in [1.807, 2.05) is 37.5 Å². The van der Waals surface area contributed by atoms with Crippen LogP contribution in [-0.2, 0) is 35.5 Å². The fraction of sp³-hybridized carbons (Fsp3) is 0.440. The van der Waals surface area contributed by atoms with Crippen LogP contribution >= 0.6 is 23.1 Å². The molecule has 0 atom stereocenters. The molecule has 186 valence electrons. The molecule has 1 amide bonds. The lowest BCUT2D eigenvalue weighted by Crippen LogP contribution is -2.17. The van der Waals surface area contributed by atoms with Gasteiger partial charge in [-0.05, 0) is 75.3 Å². The summed E-state index contributed by atoms with van der Waals surface area (Å²) in [5.41, 5.74) is 3.81. The fourth-order valence-corrected chi connectivity index (χ4v) is 6.39. The van der Waals surface area contributed by atoms with E-state index in [0.717, 1.165) is 48.1 Å². The molecule has 1 aromatic carbocycles. The maximum atomic E-state index is 12.8. The Labute approximate surface area is 213 Å². The molecule has 2 aromatic heterocycles. The van der Waals surface area contributed by atoms with Gasteiger partial charge in [-0.2, -0.15) is 0 Å². The molecule has 2 heterocycles. The van der Waals surface area contributed by atoms with Crippen molar-refractivity contribution in [3.05, 3.63) is 51.2 Å². The second kappa shape index (κ2) is 11.3. The summed E-state index contributed by atoms with van der Waals surface area (Å²) in [5, 5.41) is 12.7. The molecule has 1 aliphatic carbocycles. The summed E-state index contributed by atoms with van der Waals surface area (Å²) in [6, 6.07) is 6.08. The maximum absolute atomic E-state index is 12.8. The number of thioether (sulfide) groups is 1. The van der Waals surface area contributed by atoms with Gasteiger partial charge in [0.2, 0.25) is 5.91 Å². The molecule has 10 heteroatoms. The van der Waals surface area contributed by atoms with Crippen molar-refractivity contribution in [2.45, 2.75) is 64.8 Å². The van der Waals surface area contributed by atoms with Crippen LogP contribution in [0.1, 0.15) is 57.5 Å². The van der Waals surface area contributed by atoms with Gasteiger partial charge < -0.3 is 19.4 Å². The molecule has 35 heavy (non-hydrogen) atoms. The van der Waals surface area contributed by atoms with Crippen LogP contribution in [0.3, 0.4) is 0 Å². The Morgan fingerprint density at radius 2 is 1.89 bits per heavy atom. The molecule has 0 spiro atoms. The van der Waals surface area contributed by atoms with Crippen molar-refractivity contribution in [3.63, 3.8) is 0 Å². The van der Waals surface area contributed by atoms with Gasteiger partial charge in [0.1, 0.15) is 17.4 Å². The number of benzene rings is 1. The number of carbonyl (C=O) groups is 2. The summed E-state index contributed by atoms with van der Waals surface area (Å²) >= 11 is 2.79. The van der Waals surface area contributed by atoms with E-state index in [1.54, 1.807) is 0 Å². The molecule has 1 N–H and O–H groups in total. The fourth-order valence-electron chi connectivity index (χ4n) is 4.28.